The Bertz CT molecular complexity index is 587. The maximum absolute atomic E-state index is 11.3. The fourth-order valence-electron chi connectivity index (χ4n) is 2.35. The third-order valence-corrected chi connectivity index (χ3v) is 3.30. The number of imidazole rings is 1. The SMILES string of the molecule is CCCCn1c(CCC)nc2c(C(=O)O)cccc21. The van der Waals surface area contributed by atoms with Gasteiger partial charge in [0, 0.05) is 13.0 Å². The van der Waals surface area contributed by atoms with Crippen molar-refractivity contribution in [1.29, 1.82) is 0 Å². The largest absolute Gasteiger partial charge is 0.478 e. The van der Waals surface area contributed by atoms with E-state index in [0.717, 1.165) is 43.6 Å². The molecule has 0 spiro atoms. The second-order valence-corrected chi connectivity index (χ2v) is 4.76. The summed E-state index contributed by atoms with van der Waals surface area (Å²) in [6.07, 6.45) is 4.10. The summed E-state index contributed by atoms with van der Waals surface area (Å²) in [5.41, 5.74) is 1.86. The zero-order chi connectivity index (χ0) is 13.8. The van der Waals surface area contributed by atoms with Gasteiger partial charge in [0.15, 0.2) is 0 Å². The predicted octanol–water partition coefficient (Wildman–Crippen LogP) is 3.49. The van der Waals surface area contributed by atoms with Crippen molar-refractivity contribution in [2.75, 3.05) is 0 Å². The number of carboxylic acids is 1. The molecule has 0 saturated heterocycles. The molecule has 0 atom stereocenters. The van der Waals surface area contributed by atoms with Gasteiger partial charge in [-0.3, -0.25) is 0 Å². The zero-order valence-electron chi connectivity index (χ0n) is 11.5. The van der Waals surface area contributed by atoms with E-state index in [9.17, 15) is 9.90 Å². The lowest BCUT2D eigenvalue weighted by Gasteiger charge is -2.07. The second kappa shape index (κ2) is 5.87. The molecule has 0 radical (unpaired) electrons. The number of para-hydroxylation sites is 1. The van der Waals surface area contributed by atoms with Crippen LogP contribution in [-0.4, -0.2) is 20.6 Å². The van der Waals surface area contributed by atoms with E-state index in [2.05, 4.69) is 23.4 Å². The molecule has 2 rings (SSSR count). The first-order valence-electron chi connectivity index (χ1n) is 6.90. The van der Waals surface area contributed by atoms with Gasteiger partial charge in [-0.15, -0.1) is 0 Å². The van der Waals surface area contributed by atoms with Gasteiger partial charge in [-0.2, -0.15) is 0 Å². The Hall–Kier alpha value is -1.84. The number of unbranched alkanes of at least 4 members (excludes halogenated alkanes) is 1. The van der Waals surface area contributed by atoms with Gasteiger partial charge in [0.05, 0.1) is 11.1 Å². The molecule has 1 aromatic heterocycles. The van der Waals surface area contributed by atoms with Crippen LogP contribution in [0.3, 0.4) is 0 Å². The average Bonchev–Trinajstić information content (AvgIpc) is 2.74. The molecule has 102 valence electrons. The molecule has 1 N–H and O–H groups in total. The normalized spacial score (nSPS) is 11.1. The summed E-state index contributed by atoms with van der Waals surface area (Å²) in [4.78, 5) is 15.8. The van der Waals surface area contributed by atoms with Gasteiger partial charge >= 0.3 is 5.97 Å². The van der Waals surface area contributed by atoms with Crippen LogP contribution in [0.1, 0.15) is 49.3 Å². The molecule has 2 aromatic rings. The Morgan fingerprint density at radius 1 is 1.32 bits per heavy atom. The van der Waals surface area contributed by atoms with Crippen molar-refractivity contribution in [3.8, 4) is 0 Å². The van der Waals surface area contributed by atoms with E-state index in [0.29, 0.717) is 11.1 Å². The fraction of sp³-hybridized carbons (Fsp3) is 0.467. The summed E-state index contributed by atoms with van der Waals surface area (Å²) in [7, 11) is 0. The molecule has 0 aliphatic rings. The van der Waals surface area contributed by atoms with Crippen LogP contribution in [0.15, 0.2) is 18.2 Å². The summed E-state index contributed by atoms with van der Waals surface area (Å²) in [5, 5.41) is 9.24. The number of aromatic nitrogens is 2. The van der Waals surface area contributed by atoms with Crippen LogP contribution in [0, 0.1) is 0 Å². The van der Waals surface area contributed by atoms with Gasteiger partial charge in [0.2, 0.25) is 0 Å². The van der Waals surface area contributed by atoms with Crippen LogP contribution in [0.4, 0.5) is 0 Å². The van der Waals surface area contributed by atoms with E-state index in [1.165, 1.54) is 0 Å². The number of rotatable bonds is 6. The standard InChI is InChI=1S/C15H20N2O2/c1-3-5-10-17-12-9-6-8-11(15(18)19)14(12)16-13(17)7-4-2/h6,8-9H,3-5,7,10H2,1-2H3,(H,18,19). The van der Waals surface area contributed by atoms with Gasteiger partial charge in [0.25, 0.3) is 0 Å². The van der Waals surface area contributed by atoms with Crippen LogP contribution >= 0.6 is 0 Å². The van der Waals surface area contributed by atoms with Crippen LogP contribution in [0.25, 0.3) is 11.0 Å². The first-order chi connectivity index (χ1) is 9.19. The van der Waals surface area contributed by atoms with Crippen molar-refractivity contribution in [2.24, 2.45) is 0 Å². The average molecular weight is 260 g/mol. The van der Waals surface area contributed by atoms with Crippen molar-refractivity contribution in [1.82, 2.24) is 9.55 Å². The lowest BCUT2D eigenvalue weighted by molar-refractivity contribution is 0.0699. The molecule has 4 nitrogen and oxygen atoms in total. The molecule has 1 heterocycles. The summed E-state index contributed by atoms with van der Waals surface area (Å²) in [5.74, 6) is 0.0911. The van der Waals surface area contributed by atoms with Crippen molar-refractivity contribution in [2.45, 2.75) is 46.1 Å². The number of carbonyl (C=O) groups is 1. The van der Waals surface area contributed by atoms with Gasteiger partial charge in [-0.05, 0) is 25.0 Å². The van der Waals surface area contributed by atoms with Gasteiger partial charge < -0.3 is 9.67 Å². The van der Waals surface area contributed by atoms with E-state index in [4.69, 9.17) is 0 Å². The number of hydrogen-bond donors (Lipinski definition) is 1. The molecule has 0 amide bonds. The third kappa shape index (κ3) is 2.62. The van der Waals surface area contributed by atoms with E-state index < -0.39 is 5.97 Å². The minimum absolute atomic E-state index is 0.296. The van der Waals surface area contributed by atoms with Crippen molar-refractivity contribution < 1.29 is 9.90 Å². The van der Waals surface area contributed by atoms with Gasteiger partial charge in [-0.1, -0.05) is 26.3 Å². The highest BCUT2D eigenvalue weighted by Crippen LogP contribution is 2.22. The van der Waals surface area contributed by atoms with Crippen LogP contribution in [0.2, 0.25) is 0 Å². The number of nitrogens with zero attached hydrogens (tertiary/aromatic N) is 2. The smallest absolute Gasteiger partial charge is 0.337 e. The molecule has 0 unspecified atom stereocenters. The van der Waals surface area contributed by atoms with Crippen molar-refractivity contribution >= 4 is 17.0 Å². The number of carboxylic acid groups (broad SMARTS) is 1. The molecule has 0 fully saturated rings. The maximum Gasteiger partial charge on any atom is 0.337 e. The van der Waals surface area contributed by atoms with Gasteiger partial charge in [0.1, 0.15) is 11.3 Å². The Balaban J connectivity index is 2.58. The van der Waals surface area contributed by atoms with Crippen LogP contribution < -0.4 is 0 Å². The highest BCUT2D eigenvalue weighted by molar-refractivity contribution is 6.01. The van der Waals surface area contributed by atoms with Crippen molar-refractivity contribution in [3.63, 3.8) is 0 Å². The Kier molecular flexibility index (Phi) is 4.20. The lowest BCUT2D eigenvalue weighted by atomic mass is 10.2. The molecule has 4 heteroatoms. The summed E-state index contributed by atoms with van der Waals surface area (Å²) in [6, 6.07) is 5.38. The lowest BCUT2D eigenvalue weighted by Crippen LogP contribution is -2.03. The number of benzene rings is 1. The van der Waals surface area contributed by atoms with E-state index in [-0.39, 0.29) is 0 Å². The Labute approximate surface area is 113 Å². The molecular weight excluding hydrogens is 240 g/mol. The minimum atomic E-state index is -0.909. The molecular formula is C15H20N2O2. The quantitative estimate of drug-likeness (QED) is 0.865. The number of aromatic carboxylic acids is 1. The predicted molar refractivity (Wildman–Crippen MR) is 75.6 cm³/mol. The van der Waals surface area contributed by atoms with E-state index in [1.54, 1.807) is 12.1 Å². The second-order valence-electron chi connectivity index (χ2n) is 4.76. The van der Waals surface area contributed by atoms with E-state index in [1.807, 2.05) is 6.07 Å². The number of aryl methyl sites for hydroxylation is 2. The third-order valence-electron chi connectivity index (χ3n) is 3.30. The summed E-state index contributed by atoms with van der Waals surface area (Å²) in [6.45, 7) is 5.17. The van der Waals surface area contributed by atoms with Crippen molar-refractivity contribution in [3.05, 3.63) is 29.6 Å². The van der Waals surface area contributed by atoms with E-state index >= 15 is 0 Å². The fourth-order valence-corrected chi connectivity index (χ4v) is 2.35. The Morgan fingerprint density at radius 2 is 2.11 bits per heavy atom. The summed E-state index contributed by atoms with van der Waals surface area (Å²) < 4.78 is 2.18. The molecule has 19 heavy (non-hydrogen) atoms. The first-order valence-corrected chi connectivity index (χ1v) is 6.90. The highest BCUT2D eigenvalue weighted by Gasteiger charge is 2.15. The Morgan fingerprint density at radius 3 is 2.74 bits per heavy atom. The van der Waals surface area contributed by atoms with Gasteiger partial charge in [-0.25, -0.2) is 9.78 Å². The maximum atomic E-state index is 11.3. The zero-order valence-corrected chi connectivity index (χ0v) is 11.5. The number of fused-ring (bicyclic) bond motifs is 1. The molecule has 0 aliphatic carbocycles. The minimum Gasteiger partial charge on any atom is -0.478 e. The van der Waals surface area contributed by atoms with Crippen LogP contribution in [0.5, 0.6) is 0 Å². The number of hydrogen-bond acceptors (Lipinski definition) is 2. The first kappa shape index (κ1) is 13.6. The highest BCUT2D eigenvalue weighted by atomic mass is 16.4. The molecule has 0 saturated carbocycles. The molecule has 1 aromatic carbocycles. The van der Waals surface area contributed by atoms with Crippen LogP contribution in [-0.2, 0) is 13.0 Å². The summed E-state index contributed by atoms with van der Waals surface area (Å²) >= 11 is 0. The topological polar surface area (TPSA) is 55.1 Å². The molecule has 0 aliphatic heterocycles. The monoisotopic (exact) mass is 260 g/mol. The molecule has 0 bridgehead atoms.